The van der Waals surface area contributed by atoms with Crippen molar-refractivity contribution in [3.63, 3.8) is 0 Å². The molecule has 0 unspecified atom stereocenters. The predicted octanol–water partition coefficient (Wildman–Crippen LogP) is 2.34. The molecule has 2 N–H and O–H groups in total. The minimum atomic E-state index is -0.431. The third-order valence-corrected chi connectivity index (χ3v) is 4.41. The van der Waals surface area contributed by atoms with Crippen LogP contribution in [0, 0.1) is 10.1 Å². The van der Waals surface area contributed by atoms with E-state index in [0.717, 1.165) is 18.4 Å². The molecule has 0 saturated carbocycles. The summed E-state index contributed by atoms with van der Waals surface area (Å²) in [6, 6.07) is 6.42. The Morgan fingerprint density at radius 3 is 2.60 bits per heavy atom. The van der Waals surface area contributed by atoms with Gasteiger partial charge in [-0.05, 0) is 25.0 Å². The third kappa shape index (κ3) is 2.68. The number of fused-ring (bicyclic) bond motifs is 1. The first-order valence-corrected chi connectivity index (χ1v) is 7.96. The van der Waals surface area contributed by atoms with Gasteiger partial charge < -0.3 is 10.5 Å². The molecule has 0 amide bonds. The zero-order valence-corrected chi connectivity index (χ0v) is 13.3. The van der Waals surface area contributed by atoms with Crippen LogP contribution in [0.2, 0.25) is 0 Å². The van der Waals surface area contributed by atoms with Gasteiger partial charge in [0.15, 0.2) is 5.65 Å². The number of aromatic nitrogens is 4. The molecule has 0 atom stereocenters. The molecule has 0 radical (unpaired) electrons. The van der Waals surface area contributed by atoms with E-state index >= 15 is 0 Å². The summed E-state index contributed by atoms with van der Waals surface area (Å²) in [5.74, 6) is 0.344. The smallest absolute Gasteiger partial charge is 0.269 e. The van der Waals surface area contributed by atoms with Crippen LogP contribution < -0.4 is 5.73 Å². The van der Waals surface area contributed by atoms with Crippen molar-refractivity contribution in [3.05, 3.63) is 40.7 Å². The Hall–Kier alpha value is -3.07. The molecule has 9 heteroatoms. The predicted molar refractivity (Wildman–Crippen MR) is 90.9 cm³/mol. The Bertz CT molecular complexity index is 931. The number of hydrogen-bond acceptors (Lipinski definition) is 7. The summed E-state index contributed by atoms with van der Waals surface area (Å²) in [5.41, 5.74) is 8.15. The van der Waals surface area contributed by atoms with Gasteiger partial charge in [0.2, 0.25) is 0 Å². The quantitative estimate of drug-likeness (QED) is 0.573. The van der Waals surface area contributed by atoms with E-state index in [4.69, 9.17) is 15.6 Å². The lowest BCUT2D eigenvalue weighted by Gasteiger charge is -2.22. The number of nitro benzene ring substituents is 1. The van der Waals surface area contributed by atoms with Gasteiger partial charge in [0.05, 0.1) is 16.4 Å². The average Bonchev–Trinajstić information content (AvgIpc) is 3.03. The van der Waals surface area contributed by atoms with Crippen molar-refractivity contribution in [2.24, 2.45) is 0 Å². The van der Waals surface area contributed by atoms with Crippen LogP contribution >= 0.6 is 0 Å². The SMILES string of the molecule is Nc1ncnc2c1c(-c1ccc([N+](=O)[O-])cc1)nn2C1CCOCC1. The van der Waals surface area contributed by atoms with Gasteiger partial charge in [0, 0.05) is 30.9 Å². The van der Waals surface area contributed by atoms with Crippen LogP contribution in [0.15, 0.2) is 30.6 Å². The summed E-state index contributed by atoms with van der Waals surface area (Å²) in [7, 11) is 0. The van der Waals surface area contributed by atoms with Gasteiger partial charge in [-0.2, -0.15) is 5.10 Å². The second-order valence-corrected chi connectivity index (χ2v) is 5.90. The minimum Gasteiger partial charge on any atom is -0.383 e. The first-order chi connectivity index (χ1) is 12.1. The summed E-state index contributed by atoms with van der Waals surface area (Å²) in [6.45, 7) is 1.36. The van der Waals surface area contributed by atoms with Crippen molar-refractivity contribution in [2.45, 2.75) is 18.9 Å². The number of benzene rings is 1. The number of nitrogens with zero attached hydrogens (tertiary/aromatic N) is 5. The highest BCUT2D eigenvalue weighted by molar-refractivity contribution is 5.98. The molecular weight excluding hydrogens is 324 g/mol. The highest BCUT2D eigenvalue weighted by Gasteiger charge is 2.24. The normalized spacial score (nSPS) is 15.5. The zero-order chi connectivity index (χ0) is 17.4. The Kier molecular flexibility index (Phi) is 3.77. The molecule has 3 heterocycles. The largest absolute Gasteiger partial charge is 0.383 e. The highest BCUT2D eigenvalue weighted by atomic mass is 16.6. The molecule has 25 heavy (non-hydrogen) atoms. The summed E-state index contributed by atoms with van der Waals surface area (Å²) in [6.07, 6.45) is 3.12. The molecule has 1 aromatic carbocycles. The molecule has 9 nitrogen and oxygen atoms in total. The van der Waals surface area contributed by atoms with Gasteiger partial charge in [-0.3, -0.25) is 10.1 Å². The molecule has 0 aliphatic carbocycles. The van der Waals surface area contributed by atoms with Crippen LogP contribution in [0.5, 0.6) is 0 Å². The number of nitrogen functional groups attached to an aromatic ring is 1. The fourth-order valence-electron chi connectivity index (χ4n) is 3.12. The molecule has 1 aliphatic rings. The molecule has 0 spiro atoms. The molecular formula is C16H16N6O3. The van der Waals surface area contributed by atoms with Crippen molar-refractivity contribution < 1.29 is 9.66 Å². The molecule has 0 bridgehead atoms. The fraction of sp³-hybridized carbons (Fsp3) is 0.312. The van der Waals surface area contributed by atoms with E-state index in [1.165, 1.54) is 18.5 Å². The van der Waals surface area contributed by atoms with E-state index in [2.05, 4.69) is 9.97 Å². The van der Waals surface area contributed by atoms with Gasteiger partial charge in [0.25, 0.3) is 5.69 Å². The van der Waals surface area contributed by atoms with Crippen molar-refractivity contribution in [1.82, 2.24) is 19.7 Å². The van der Waals surface area contributed by atoms with Gasteiger partial charge >= 0.3 is 0 Å². The maximum atomic E-state index is 10.9. The number of non-ortho nitro benzene ring substituents is 1. The number of rotatable bonds is 3. The summed E-state index contributed by atoms with van der Waals surface area (Å²) in [5, 5.41) is 16.3. The zero-order valence-electron chi connectivity index (χ0n) is 13.3. The first kappa shape index (κ1) is 15.5. The molecule has 3 aromatic rings. The van der Waals surface area contributed by atoms with Crippen molar-refractivity contribution in [3.8, 4) is 11.3 Å². The molecule has 1 saturated heterocycles. The third-order valence-electron chi connectivity index (χ3n) is 4.41. The fourth-order valence-corrected chi connectivity index (χ4v) is 3.12. The second kappa shape index (κ2) is 6.10. The topological polar surface area (TPSA) is 122 Å². The number of ether oxygens (including phenoxy) is 1. The number of nitro groups is 1. The molecule has 1 fully saturated rings. The number of nitrogens with two attached hydrogens (primary N) is 1. The number of hydrogen-bond donors (Lipinski definition) is 1. The van der Waals surface area contributed by atoms with E-state index in [9.17, 15) is 10.1 Å². The lowest BCUT2D eigenvalue weighted by atomic mass is 10.1. The lowest BCUT2D eigenvalue weighted by Crippen LogP contribution is -2.20. The maximum absolute atomic E-state index is 10.9. The van der Waals surface area contributed by atoms with Crippen LogP contribution in [-0.2, 0) is 4.74 Å². The van der Waals surface area contributed by atoms with Crippen molar-refractivity contribution in [1.29, 1.82) is 0 Å². The molecule has 2 aromatic heterocycles. The van der Waals surface area contributed by atoms with Crippen LogP contribution in [-0.4, -0.2) is 37.9 Å². The standard InChI is InChI=1S/C16H16N6O3/c17-15-13-14(10-1-3-12(4-2-10)22(23)24)20-21(16(13)19-9-18-15)11-5-7-25-8-6-11/h1-4,9,11H,5-8H2,(H2,17,18,19). The van der Waals surface area contributed by atoms with E-state index < -0.39 is 4.92 Å². The van der Waals surface area contributed by atoms with Crippen LogP contribution in [0.4, 0.5) is 11.5 Å². The Morgan fingerprint density at radius 2 is 1.92 bits per heavy atom. The molecule has 1 aliphatic heterocycles. The Morgan fingerprint density at radius 1 is 1.20 bits per heavy atom. The average molecular weight is 340 g/mol. The summed E-state index contributed by atoms with van der Waals surface area (Å²) >= 11 is 0. The molecule has 128 valence electrons. The highest BCUT2D eigenvalue weighted by Crippen LogP contribution is 2.34. The first-order valence-electron chi connectivity index (χ1n) is 7.96. The maximum Gasteiger partial charge on any atom is 0.269 e. The van der Waals surface area contributed by atoms with E-state index in [1.807, 2.05) is 4.68 Å². The minimum absolute atomic E-state index is 0.0288. The van der Waals surface area contributed by atoms with Crippen LogP contribution in [0.1, 0.15) is 18.9 Å². The van der Waals surface area contributed by atoms with E-state index in [1.54, 1.807) is 12.1 Å². The Labute approximate surface area is 142 Å². The monoisotopic (exact) mass is 340 g/mol. The van der Waals surface area contributed by atoms with E-state index in [0.29, 0.717) is 35.8 Å². The van der Waals surface area contributed by atoms with Gasteiger partial charge in [0.1, 0.15) is 17.8 Å². The summed E-state index contributed by atoms with van der Waals surface area (Å²) in [4.78, 5) is 18.9. The van der Waals surface area contributed by atoms with Gasteiger partial charge in [-0.15, -0.1) is 0 Å². The Balaban J connectivity index is 1.87. The second-order valence-electron chi connectivity index (χ2n) is 5.90. The van der Waals surface area contributed by atoms with Gasteiger partial charge in [-0.1, -0.05) is 0 Å². The van der Waals surface area contributed by atoms with E-state index in [-0.39, 0.29) is 11.7 Å². The van der Waals surface area contributed by atoms with Gasteiger partial charge in [-0.25, -0.2) is 14.6 Å². The van der Waals surface area contributed by atoms with Crippen molar-refractivity contribution in [2.75, 3.05) is 18.9 Å². The number of anilines is 1. The van der Waals surface area contributed by atoms with Crippen LogP contribution in [0.3, 0.4) is 0 Å². The van der Waals surface area contributed by atoms with Crippen molar-refractivity contribution >= 4 is 22.5 Å². The molecule has 4 rings (SSSR count). The lowest BCUT2D eigenvalue weighted by molar-refractivity contribution is -0.384. The van der Waals surface area contributed by atoms with Crippen LogP contribution in [0.25, 0.3) is 22.3 Å². The summed E-state index contributed by atoms with van der Waals surface area (Å²) < 4.78 is 7.30.